The van der Waals surface area contributed by atoms with E-state index < -0.39 is 0 Å². The fourth-order valence-corrected chi connectivity index (χ4v) is 4.42. The van der Waals surface area contributed by atoms with Gasteiger partial charge in [0.2, 0.25) is 0 Å². The van der Waals surface area contributed by atoms with Crippen LogP contribution in [0.2, 0.25) is 5.02 Å². The molecule has 2 atom stereocenters. The Bertz CT molecular complexity index is 689. The maximum absolute atomic E-state index is 12.4. The number of nitrogens with one attached hydrogen (secondary N) is 3. The normalized spacial score (nSPS) is 17.7. The fraction of sp³-hybridized carbons (Fsp3) is 0.389. The Kier molecular flexibility index (Phi) is 6.31. The maximum atomic E-state index is 12.4. The molecule has 1 fully saturated rings. The number of carbonyl (C=O) groups is 1. The van der Waals surface area contributed by atoms with Crippen LogP contribution in [0.25, 0.3) is 0 Å². The van der Waals surface area contributed by atoms with Gasteiger partial charge in [-0.25, -0.2) is 4.79 Å². The van der Waals surface area contributed by atoms with E-state index in [2.05, 4.69) is 35.1 Å². The van der Waals surface area contributed by atoms with Gasteiger partial charge in [-0.2, -0.15) is 0 Å². The van der Waals surface area contributed by atoms with Gasteiger partial charge in [-0.05, 0) is 36.6 Å². The molecule has 0 saturated carbocycles. The summed E-state index contributed by atoms with van der Waals surface area (Å²) in [6, 6.07) is 11.3. The van der Waals surface area contributed by atoms with Gasteiger partial charge >= 0.3 is 6.03 Å². The van der Waals surface area contributed by atoms with E-state index in [1.54, 1.807) is 23.5 Å². The van der Waals surface area contributed by atoms with Crippen LogP contribution >= 0.6 is 22.9 Å². The standard InChI is InChI=1S/C18H22ClN3O2S/c1-13(20-18(23)21-15-5-2-4-14(19)12-15)17(16-6-3-11-25-16)22-7-9-24-10-8-22/h2-6,11-13,17H,7-10H2,1H3,(H2,20,21,23)/p+1/t13-,17+/m0/s1. The summed E-state index contributed by atoms with van der Waals surface area (Å²) in [4.78, 5) is 15.1. The summed E-state index contributed by atoms with van der Waals surface area (Å²) in [7, 11) is 0. The highest BCUT2D eigenvalue weighted by molar-refractivity contribution is 7.10. The van der Waals surface area contributed by atoms with E-state index in [-0.39, 0.29) is 18.1 Å². The van der Waals surface area contributed by atoms with Crippen molar-refractivity contribution in [3.8, 4) is 0 Å². The van der Waals surface area contributed by atoms with Gasteiger partial charge in [-0.15, -0.1) is 11.3 Å². The van der Waals surface area contributed by atoms with Crippen LogP contribution in [0, 0.1) is 0 Å². The number of thiophene rings is 1. The number of quaternary nitrogens is 1. The summed E-state index contributed by atoms with van der Waals surface area (Å²) < 4.78 is 5.49. The van der Waals surface area contributed by atoms with Crippen molar-refractivity contribution >= 4 is 34.7 Å². The molecular weight excluding hydrogens is 358 g/mol. The van der Waals surface area contributed by atoms with Crippen LogP contribution in [0.15, 0.2) is 41.8 Å². The molecule has 0 unspecified atom stereocenters. The van der Waals surface area contributed by atoms with E-state index in [4.69, 9.17) is 16.3 Å². The number of anilines is 1. The molecule has 3 rings (SSSR count). The number of rotatable bonds is 5. The number of ether oxygens (including phenoxy) is 1. The highest BCUT2D eigenvalue weighted by atomic mass is 35.5. The Morgan fingerprint density at radius 2 is 2.08 bits per heavy atom. The van der Waals surface area contributed by atoms with Crippen molar-refractivity contribution in [3.63, 3.8) is 0 Å². The highest BCUT2D eigenvalue weighted by Crippen LogP contribution is 2.20. The van der Waals surface area contributed by atoms with Crippen LogP contribution in [0.1, 0.15) is 17.8 Å². The zero-order chi connectivity index (χ0) is 17.6. The summed E-state index contributed by atoms with van der Waals surface area (Å²) in [6.45, 7) is 5.48. The maximum Gasteiger partial charge on any atom is 0.319 e. The Morgan fingerprint density at radius 1 is 1.28 bits per heavy atom. The zero-order valence-electron chi connectivity index (χ0n) is 14.1. The second-order valence-electron chi connectivity index (χ2n) is 6.16. The summed E-state index contributed by atoms with van der Waals surface area (Å²) in [5, 5.41) is 8.62. The molecule has 0 radical (unpaired) electrons. The van der Waals surface area contributed by atoms with Crippen molar-refractivity contribution in [1.29, 1.82) is 0 Å². The Morgan fingerprint density at radius 3 is 2.76 bits per heavy atom. The Hall–Kier alpha value is -1.60. The van der Waals surface area contributed by atoms with Crippen LogP contribution in [0.4, 0.5) is 10.5 Å². The van der Waals surface area contributed by atoms with Gasteiger partial charge in [-0.1, -0.05) is 23.7 Å². The molecule has 2 amide bonds. The minimum absolute atomic E-state index is 0.00839. The number of morpholine rings is 1. The lowest BCUT2D eigenvalue weighted by atomic mass is 10.1. The molecule has 1 aliphatic rings. The first-order chi connectivity index (χ1) is 12.1. The molecule has 1 aromatic heterocycles. The monoisotopic (exact) mass is 380 g/mol. The van der Waals surface area contributed by atoms with Crippen molar-refractivity contribution in [2.75, 3.05) is 31.6 Å². The van der Waals surface area contributed by atoms with Crippen LogP contribution < -0.4 is 15.5 Å². The summed E-state index contributed by atoms with van der Waals surface area (Å²) in [6.07, 6.45) is 0. The SMILES string of the molecule is C[C@H](NC(=O)Nc1cccc(Cl)c1)[C@H](c1cccs1)[NH+]1CCOCC1. The van der Waals surface area contributed by atoms with Crippen molar-refractivity contribution in [2.24, 2.45) is 0 Å². The van der Waals surface area contributed by atoms with Crippen LogP contribution in [-0.4, -0.2) is 38.4 Å². The summed E-state index contributed by atoms with van der Waals surface area (Å²) in [5.41, 5.74) is 0.684. The smallest absolute Gasteiger partial charge is 0.319 e. The number of hydrogen-bond donors (Lipinski definition) is 3. The van der Waals surface area contributed by atoms with Gasteiger partial charge in [0.05, 0.1) is 24.1 Å². The molecule has 3 N–H and O–H groups in total. The van der Waals surface area contributed by atoms with Gasteiger partial charge in [0.15, 0.2) is 0 Å². The molecule has 134 valence electrons. The van der Waals surface area contributed by atoms with E-state index in [0.717, 1.165) is 26.3 Å². The van der Waals surface area contributed by atoms with Gasteiger partial charge in [0.1, 0.15) is 19.1 Å². The summed E-state index contributed by atoms with van der Waals surface area (Å²) in [5.74, 6) is 0. The van der Waals surface area contributed by atoms with Gasteiger partial charge < -0.3 is 20.3 Å². The first kappa shape index (κ1) is 18.2. The number of carbonyl (C=O) groups excluding carboxylic acids is 1. The van der Waals surface area contributed by atoms with Crippen LogP contribution in [-0.2, 0) is 4.74 Å². The average molecular weight is 381 g/mol. The van der Waals surface area contributed by atoms with E-state index in [0.29, 0.717) is 10.7 Å². The Labute approximate surface area is 156 Å². The molecule has 1 aliphatic heterocycles. The van der Waals surface area contributed by atoms with Crippen molar-refractivity contribution in [1.82, 2.24) is 5.32 Å². The molecule has 1 saturated heterocycles. The van der Waals surface area contributed by atoms with Crippen molar-refractivity contribution in [2.45, 2.75) is 19.0 Å². The van der Waals surface area contributed by atoms with Crippen molar-refractivity contribution in [3.05, 3.63) is 51.7 Å². The first-order valence-electron chi connectivity index (χ1n) is 8.42. The lowest BCUT2D eigenvalue weighted by molar-refractivity contribution is -0.939. The number of benzene rings is 1. The topological polar surface area (TPSA) is 54.8 Å². The molecule has 0 bridgehead atoms. The fourth-order valence-electron chi connectivity index (χ4n) is 3.24. The molecule has 2 aromatic rings. The molecule has 1 aromatic carbocycles. The van der Waals surface area contributed by atoms with E-state index in [1.165, 1.54) is 9.78 Å². The number of urea groups is 1. The van der Waals surface area contributed by atoms with Crippen LogP contribution in [0.5, 0.6) is 0 Å². The third-order valence-electron chi connectivity index (χ3n) is 4.37. The van der Waals surface area contributed by atoms with Gasteiger partial charge in [0.25, 0.3) is 0 Å². The molecule has 2 heterocycles. The molecule has 7 heteroatoms. The predicted octanol–water partition coefficient (Wildman–Crippen LogP) is 2.57. The molecule has 0 aliphatic carbocycles. The quantitative estimate of drug-likeness (QED) is 0.746. The molecule has 5 nitrogen and oxygen atoms in total. The second kappa shape index (κ2) is 8.67. The number of hydrogen-bond acceptors (Lipinski definition) is 3. The second-order valence-corrected chi connectivity index (χ2v) is 7.58. The van der Waals surface area contributed by atoms with E-state index in [1.807, 2.05) is 12.1 Å². The van der Waals surface area contributed by atoms with Gasteiger partial charge in [-0.3, -0.25) is 0 Å². The highest BCUT2D eigenvalue weighted by Gasteiger charge is 2.33. The lowest BCUT2D eigenvalue weighted by Gasteiger charge is -2.34. The minimum Gasteiger partial charge on any atom is -0.370 e. The third kappa shape index (κ3) is 4.95. The number of amides is 2. The lowest BCUT2D eigenvalue weighted by Crippen LogP contribution is -3.15. The predicted molar refractivity (Wildman–Crippen MR) is 102 cm³/mol. The molecular formula is C18H23ClN3O2S+. The molecule has 0 spiro atoms. The largest absolute Gasteiger partial charge is 0.370 e. The van der Waals surface area contributed by atoms with Crippen LogP contribution in [0.3, 0.4) is 0 Å². The molecule has 25 heavy (non-hydrogen) atoms. The summed E-state index contributed by atoms with van der Waals surface area (Å²) >= 11 is 7.70. The van der Waals surface area contributed by atoms with E-state index in [9.17, 15) is 4.79 Å². The number of halogens is 1. The average Bonchev–Trinajstić information content (AvgIpc) is 3.10. The minimum atomic E-state index is -0.219. The first-order valence-corrected chi connectivity index (χ1v) is 9.68. The van der Waals surface area contributed by atoms with Crippen molar-refractivity contribution < 1.29 is 14.4 Å². The van der Waals surface area contributed by atoms with E-state index >= 15 is 0 Å². The van der Waals surface area contributed by atoms with Gasteiger partial charge in [0, 0.05) is 10.7 Å². The third-order valence-corrected chi connectivity index (χ3v) is 5.56. The Balaban J connectivity index is 1.67. The zero-order valence-corrected chi connectivity index (χ0v) is 15.7.